The number of anilines is 1. The first-order chi connectivity index (χ1) is 9.06. The van der Waals surface area contributed by atoms with Crippen molar-refractivity contribution >= 4 is 17.3 Å². The van der Waals surface area contributed by atoms with Gasteiger partial charge in [-0.1, -0.05) is 13.0 Å². The normalized spacial score (nSPS) is 10.0. The summed E-state index contributed by atoms with van der Waals surface area (Å²) in [5.74, 6) is -1.04. The predicted octanol–water partition coefficient (Wildman–Crippen LogP) is 2.06. The van der Waals surface area contributed by atoms with Gasteiger partial charge in [0, 0.05) is 19.5 Å². The van der Waals surface area contributed by atoms with Gasteiger partial charge in [-0.05, 0) is 18.6 Å². The summed E-state index contributed by atoms with van der Waals surface area (Å²) < 4.78 is 13.3. The molecule has 0 saturated heterocycles. The number of carbonyl (C=O) groups is 1. The van der Waals surface area contributed by atoms with E-state index < -0.39 is 16.4 Å². The molecule has 19 heavy (non-hydrogen) atoms. The van der Waals surface area contributed by atoms with Gasteiger partial charge in [0.15, 0.2) is 0 Å². The molecule has 0 aliphatic rings. The molecule has 0 saturated carbocycles. The third kappa shape index (κ3) is 4.53. The zero-order chi connectivity index (χ0) is 14.3. The average Bonchev–Trinajstić information content (AvgIpc) is 2.36. The van der Waals surface area contributed by atoms with Crippen molar-refractivity contribution in [1.29, 1.82) is 0 Å². The minimum Gasteiger partial charge on any atom is -0.379 e. The van der Waals surface area contributed by atoms with Gasteiger partial charge >= 0.3 is 5.69 Å². The van der Waals surface area contributed by atoms with Crippen LogP contribution in [0.15, 0.2) is 18.2 Å². The maximum absolute atomic E-state index is 13.3. The second kappa shape index (κ2) is 7.30. The highest BCUT2D eigenvalue weighted by Crippen LogP contribution is 2.26. The Morgan fingerprint density at radius 2 is 2.16 bits per heavy atom. The number of halogens is 1. The topological polar surface area (TPSA) is 84.3 Å². The number of hydrogen-bond donors (Lipinski definition) is 2. The molecule has 104 valence electrons. The van der Waals surface area contributed by atoms with E-state index in [0.29, 0.717) is 6.54 Å². The van der Waals surface area contributed by atoms with E-state index in [1.54, 1.807) is 0 Å². The second-order valence-corrected chi connectivity index (χ2v) is 3.92. The fourth-order valence-corrected chi connectivity index (χ4v) is 1.51. The van der Waals surface area contributed by atoms with Crippen LogP contribution in [0.25, 0.3) is 0 Å². The van der Waals surface area contributed by atoms with Gasteiger partial charge in [-0.2, -0.15) is 4.39 Å². The van der Waals surface area contributed by atoms with E-state index in [1.807, 2.05) is 6.92 Å². The number of nitro groups is 1. The first kappa shape index (κ1) is 14.9. The van der Waals surface area contributed by atoms with Crippen molar-refractivity contribution in [1.82, 2.24) is 5.32 Å². The average molecular weight is 269 g/mol. The molecule has 2 N–H and O–H groups in total. The van der Waals surface area contributed by atoms with Crippen molar-refractivity contribution in [2.45, 2.75) is 19.8 Å². The van der Waals surface area contributed by atoms with Crippen molar-refractivity contribution in [2.24, 2.45) is 0 Å². The molecular weight excluding hydrogens is 253 g/mol. The van der Waals surface area contributed by atoms with E-state index in [2.05, 4.69) is 10.6 Å². The van der Waals surface area contributed by atoms with Crippen LogP contribution >= 0.6 is 0 Å². The van der Waals surface area contributed by atoms with Gasteiger partial charge in [0.1, 0.15) is 5.69 Å². The van der Waals surface area contributed by atoms with Crippen molar-refractivity contribution in [3.8, 4) is 0 Å². The van der Waals surface area contributed by atoms with Gasteiger partial charge in [0.05, 0.1) is 4.92 Å². The highest BCUT2D eigenvalue weighted by Gasteiger charge is 2.19. The van der Waals surface area contributed by atoms with Gasteiger partial charge < -0.3 is 10.6 Å². The van der Waals surface area contributed by atoms with Crippen LogP contribution in [0.4, 0.5) is 15.8 Å². The van der Waals surface area contributed by atoms with E-state index in [9.17, 15) is 19.3 Å². The first-order valence-electron chi connectivity index (χ1n) is 5.99. The molecule has 0 spiro atoms. The summed E-state index contributed by atoms with van der Waals surface area (Å²) in [6, 6.07) is 3.81. The number of nitrogens with zero attached hydrogens (tertiary/aromatic N) is 1. The molecule has 1 amide bonds. The van der Waals surface area contributed by atoms with Crippen molar-refractivity contribution in [3.05, 3.63) is 34.1 Å². The first-order valence-corrected chi connectivity index (χ1v) is 5.99. The molecule has 7 heteroatoms. The minimum absolute atomic E-state index is 0.0771. The van der Waals surface area contributed by atoms with Gasteiger partial charge in [-0.15, -0.1) is 0 Å². The molecule has 0 aliphatic heterocycles. The predicted molar refractivity (Wildman–Crippen MR) is 69.5 cm³/mol. The zero-order valence-electron chi connectivity index (χ0n) is 10.6. The number of amides is 1. The van der Waals surface area contributed by atoms with Crippen LogP contribution in [0.3, 0.4) is 0 Å². The Labute approximate surface area is 110 Å². The van der Waals surface area contributed by atoms with E-state index in [4.69, 9.17) is 0 Å². The Bertz CT molecular complexity index is 466. The second-order valence-electron chi connectivity index (χ2n) is 3.92. The Morgan fingerprint density at radius 1 is 1.42 bits per heavy atom. The molecule has 1 rings (SSSR count). The number of nitro benzene ring substituents is 1. The summed E-state index contributed by atoms with van der Waals surface area (Å²) in [6.07, 6.45) is 1.02. The molecular formula is C12H16FN3O3. The molecule has 0 atom stereocenters. The Kier molecular flexibility index (Phi) is 5.72. The number of carbonyl (C=O) groups excluding carboxylic acids is 1. The molecule has 0 radical (unpaired) electrons. The lowest BCUT2D eigenvalue weighted by atomic mass is 10.2. The van der Waals surface area contributed by atoms with Crippen molar-refractivity contribution in [2.75, 3.05) is 18.4 Å². The quantitative estimate of drug-likeness (QED) is 0.586. The molecule has 0 fully saturated rings. The molecule has 1 aromatic carbocycles. The minimum atomic E-state index is -0.898. The highest BCUT2D eigenvalue weighted by atomic mass is 19.1. The number of benzene rings is 1. The lowest BCUT2D eigenvalue weighted by Crippen LogP contribution is -2.25. The van der Waals surface area contributed by atoms with E-state index in [1.165, 1.54) is 12.1 Å². The maximum atomic E-state index is 13.3. The van der Waals surface area contributed by atoms with Crippen molar-refractivity contribution in [3.63, 3.8) is 0 Å². The van der Waals surface area contributed by atoms with Gasteiger partial charge in [-0.3, -0.25) is 14.9 Å². The molecule has 0 heterocycles. The Balaban J connectivity index is 2.56. The van der Waals surface area contributed by atoms with E-state index in [-0.39, 0.29) is 24.6 Å². The lowest BCUT2D eigenvalue weighted by molar-refractivity contribution is -0.386. The summed E-state index contributed by atoms with van der Waals surface area (Å²) >= 11 is 0. The van der Waals surface area contributed by atoms with Gasteiger partial charge in [-0.25, -0.2) is 0 Å². The van der Waals surface area contributed by atoms with E-state index >= 15 is 0 Å². The monoisotopic (exact) mass is 269 g/mol. The fraction of sp³-hybridized carbons (Fsp3) is 0.417. The Morgan fingerprint density at radius 3 is 2.79 bits per heavy atom. The number of para-hydroxylation sites is 1. The Hall–Kier alpha value is -2.18. The molecule has 1 aromatic rings. The fourth-order valence-electron chi connectivity index (χ4n) is 1.51. The SMILES string of the molecule is CCCNC(=O)CCNc1cccc(F)c1[N+](=O)[O-]. The van der Waals surface area contributed by atoms with Crippen LogP contribution in [-0.4, -0.2) is 23.9 Å². The molecule has 6 nitrogen and oxygen atoms in total. The highest BCUT2D eigenvalue weighted by molar-refractivity contribution is 5.76. The van der Waals surface area contributed by atoms with Gasteiger partial charge in [0.2, 0.25) is 11.7 Å². The molecule has 0 aliphatic carbocycles. The van der Waals surface area contributed by atoms with Crippen LogP contribution in [0, 0.1) is 15.9 Å². The third-order valence-electron chi connectivity index (χ3n) is 2.41. The van der Waals surface area contributed by atoms with E-state index in [0.717, 1.165) is 12.5 Å². The number of rotatable bonds is 7. The van der Waals surface area contributed by atoms with Gasteiger partial charge in [0.25, 0.3) is 0 Å². The molecule has 0 aromatic heterocycles. The van der Waals surface area contributed by atoms with Crippen molar-refractivity contribution < 1.29 is 14.1 Å². The van der Waals surface area contributed by atoms with Crippen LogP contribution in [0.2, 0.25) is 0 Å². The summed E-state index contributed by atoms with van der Waals surface area (Å²) in [5.41, 5.74) is -0.523. The standard InChI is InChI=1S/C12H16FN3O3/c1-2-7-15-11(17)6-8-14-10-5-3-4-9(13)12(10)16(18)19/h3-5,14H,2,6-8H2,1H3,(H,15,17). The smallest absolute Gasteiger partial charge is 0.327 e. The largest absolute Gasteiger partial charge is 0.379 e. The van der Waals surface area contributed by atoms with Crippen LogP contribution < -0.4 is 10.6 Å². The third-order valence-corrected chi connectivity index (χ3v) is 2.41. The van der Waals surface area contributed by atoms with Crippen LogP contribution in [0.5, 0.6) is 0 Å². The summed E-state index contributed by atoms with van der Waals surface area (Å²) in [7, 11) is 0. The summed E-state index contributed by atoms with van der Waals surface area (Å²) in [6.45, 7) is 2.74. The summed E-state index contributed by atoms with van der Waals surface area (Å²) in [4.78, 5) is 21.3. The van der Waals surface area contributed by atoms with Crippen LogP contribution in [-0.2, 0) is 4.79 Å². The zero-order valence-corrected chi connectivity index (χ0v) is 10.6. The lowest BCUT2D eigenvalue weighted by Gasteiger charge is -2.07. The molecule has 0 unspecified atom stereocenters. The summed E-state index contributed by atoms with van der Waals surface area (Å²) in [5, 5.41) is 16.1. The maximum Gasteiger partial charge on any atom is 0.327 e. The molecule has 0 bridgehead atoms. The van der Waals surface area contributed by atoms with Crippen LogP contribution in [0.1, 0.15) is 19.8 Å². The number of hydrogen-bond acceptors (Lipinski definition) is 4. The number of nitrogens with one attached hydrogen (secondary N) is 2.